The molecule has 0 aliphatic heterocycles. The summed E-state index contributed by atoms with van der Waals surface area (Å²) in [6.45, 7) is 15.3. The lowest BCUT2D eigenvalue weighted by molar-refractivity contribution is -0.00206. The van der Waals surface area contributed by atoms with Crippen molar-refractivity contribution in [3.8, 4) is 0 Å². The summed E-state index contributed by atoms with van der Waals surface area (Å²) in [7, 11) is 0. The molecule has 3 aliphatic carbocycles. The zero-order valence-electron chi connectivity index (χ0n) is 21.7. The molecule has 0 aromatic heterocycles. The fourth-order valence-corrected chi connectivity index (χ4v) is 7.16. The van der Waals surface area contributed by atoms with Crippen LogP contribution in [0.1, 0.15) is 92.4 Å². The van der Waals surface area contributed by atoms with E-state index in [9.17, 15) is 15.3 Å². The smallest absolute Gasteiger partial charge is 0.0811 e. The van der Waals surface area contributed by atoms with Gasteiger partial charge in [-0.05, 0) is 85.7 Å². The molecular weight excluding hydrogens is 408 g/mol. The van der Waals surface area contributed by atoms with E-state index in [2.05, 4.69) is 65.5 Å². The van der Waals surface area contributed by atoms with Crippen LogP contribution in [0.5, 0.6) is 0 Å². The van der Waals surface area contributed by atoms with Crippen LogP contribution in [0.4, 0.5) is 0 Å². The van der Waals surface area contributed by atoms with E-state index >= 15 is 0 Å². The van der Waals surface area contributed by atoms with Crippen LogP contribution in [0.2, 0.25) is 0 Å². The van der Waals surface area contributed by atoms with Crippen molar-refractivity contribution in [1.82, 2.24) is 0 Å². The molecule has 0 amide bonds. The number of aliphatic hydroxyl groups excluding tert-OH is 2. The van der Waals surface area contributed by atoms with E-state index in [1.807, 2.05) is 0 Å². The summed E-state index contributed by atoms with van der Waals surface area (Å²) in [5.74, 6) is 1.94. The van der Waals surface area contributed by atoms with E-state index in [4.69, 9.17) is 0 Å². The molecule has 3 N–H and O–H groups in total. The van der Waals surface area contributed by atoms with E-state index < -0.39 is 17.8 Å². The van der Waals surface area contributed by atoms with Gasteiger partial charge in [0.25, 0.3) is 0 Å². The molecule has 0 unspecified atom stereocenters. The van der Waals surface area contributed by atoms with Crippen molar-refractivity contribution in [1.29, 1.82) is 0 Å². The first-order chi connectivity index (χ1) is 15.6. The molecule has 0 radical (unpaired) electrons. The number of fused-ring (bicyclic) bond motifs is 1. The predicted octanol–water partition coefficient (Wildman–Crippen LogP) is 6.51. The van der Waals surface area contributed by atoms with Crippen LogP contribution >= 0.6 is 0 Å². The van der Waals surface area contributed by atoms with E-state index in [0.717, 1.165) is 30.4 Å². The summed E-state index contributed by atoms with van der Waals surface area (Å²) >= 11 is 0. The standard InChI is InChI=1S/C30H48O3/c1-7-30(33,8-2)21(4)12-11-20(3)26-15-16-27-23(10-9-17-29(26,27)6)13-14-24-18-25(31)19-28(32)22(24)5/h11-14,20-21,25-28,31-33H,5,7-10,15-19H2,1-4,6H3/b12-11-,23-13+,24-14+/t20-,21+,25-,26-,27+,28+,29-/m1/s1. The minimum Gasteiger partial charge on any atom is -0.393 e. The first kappa shape index (κ1) is 26.4. The van der Waals surface area contributed by atoms with Crippen LogP contribution < -0.4 is 0 Å². The topological polar surface area (TPSA) is 60.7 Å². The van der Waals surface area contributed by atoms with Crippen molar-refractivity contribution >= 4 is 0 Å². The lowest BCUT2D eigenvalue weighted by Crippen LogP contribution is -2.36. The Hall–Kier alpha value is -1.16. The van der Waals surface area contributed by atoms with Gasteiger partial charge in [0.15, 0.2) is 0 Å². The van der Waals surface area contributed by atoms with E-state index in [1.165, 1.54) is 31.3 Å². The summed E-state index contributed by atoms with van der Waals surface area (Å²) in [6.07, 6.45) is 16.7. The molecule has 186 valence electrons. The number of rotatable bonds is 7. The molecule has 33 heavy (non-hydrogen) atoms. The first-order valence-corrected chi connectivity index (χ1v) is 13.4. The summed E-state index contributed by atoms with van der Waals surface area (Å²) in [4.78, 5) is 0. The number of hydrogen-bond donors (Lipinski definition) is 3. The van der Waals surface area contributed by atoms with Gasteiger partial charge >= 0.3 is 0 Å². The second-order valence-electron chi connectivity index (χ2n) is 11.5. The predicted molar refractivity (Wildman–Crippen MR) is 138 cm³/mol. The Balaban J connectivity index is 1.75. The molecule has 3 rings (SSSR count). The minimum atomic E-state index is -0.626. The Kier molecular flexibility index (Phi) is 8.51. The third-order valence-corrected chi connectivity index (χ3v) is 9.71. The van der Waals surface area contributed by atoms with Gasteiger partial charge in [0.05, 0.1) is 17.8 Å². The molecule has 3 aliphatic rings. The fraction of sp³-hybridized carbons (Fsp3) is 0.733. The van der Waals surface area contributed by atoms with Gasteiger partial charge < -0.3 is 15.3 Å². The Bertz CT molecular complexity index is 786. The van der Waals surface area contributed by atoms with Crippen molar-refractivity contribution in [2.75, 3.05) is 0 Å². The van der Waals surface area contributed by atoms with Crippen LogP contribution in [-0.4, -0.2) is 33.1 Å². The number of allylic oxidation sites excluding steroid dienone is 4. The maximum Gasteiger partial charge on any atom is 0.0811 e. The molecule has 0 aromatic rings. The summed E-state index contributed by atoms with van der Waals surface area (Å²) in [5, 5.41) is 31.1. The van der Waals surface area contributed by atoms with Gasteiger partial charge in [-0.2, -0.15) is 0 Å². The van der Waals surface area contributed by atoms with Crippen LogP contribution in [-0.2, 0) is 0 Å². The van der Waals surface area contributed by atoms with Gasteiger partial charge in [0, 0.05) is 12.3 Å². The lowest BCUT2D eigenvalue weighted by atomic mass is 9.61. The molecule has 7 atom stereocenters. The average Bonchev–Trinajstić information content (AvgIpc) is 3.15. The van der Waals surface area contributed by atoms with Gasteiger partial charge in [-0.25, -0.2) is 0 Å². The quantitative estimate of drug-likeness (QED) is 0.383. The third kappa shape index (κ3) is 5.41. The van der Waals surface area contributed by atoms with Crippen LogP contribution in [0, 0.1) is 29.1 Å². The third-order valence-electron chi connectivity index (χ3n) is 9.71. The molecule has 0 heterocycles. The van der Waals surface area contributed by atoms with Crippen molar-refractivity contribution in [2.24, 2.45) is 29.1 Å². The van der Waals surface area contributed by atoms with Gasteiger partial charge in [-0.3, -0.25) is 0 Å². The monoisotopic (exact) mass is 456 g/mol. The zero-order chi connectivity index (χ0) is 24.4. The van der Waals surface area contributed by atoms with Crippen molar-refractivity contribution in [2.45, 2.75) is 110 Å². The van der Waals surface area contributed by atoms with Gasteiger partial charge in [0.2, 0.25) is 0 Å². The van der Waals surface area contributed by atoms with Crippen LogP contribution in [0.25, 0.3) is 0 Å². The molecule has 3 heteroatoms. The Morgan fingerprint density at radius 3 is 2.48 bits per heavy atom. The lowest BCUT2D eigenvalue weighted by Gasteiger charge is -2.44. The Morgan fingerprint density at radius 2 is 1.82 bits per heavy atom. The summed E-state index contributed by atoms with van der Waals surface area (Å²) in [6, 6.07) is 0. The van der Waals surface area contributed by atoms with E-state index in [0.29, 0.717) is 36.0 Å². The minimum absolute atomic E-state index is 0.169. The molecule has 3 fully saturated rings. The molecule has 0 saturated heterocycles. The van der Waals surface area contributed by atoms with Crippen molar-refractivity contribution in [3.63, 3.8) is 0 Å². The van der Waals surface area contributed by atoms with Gasteiger partial charge in [0.1, 0.15) is 0 Å². The fourth-order valence-electron chi connectivity index (χ4n) is 7.16. The number of hydrogen-bond acceptors (Lipinski definition) is 3. The molecule has 3 nitrogen and oxygen atoms in total. The highest BCUT2D eigenvalue weighted by Gasteiger charge is 2.50. The highest BCUT2D eigenvalue weighted by atomic mass is 16.3. The van der Waals surface area contributed by atoms with Gasteiger partial charge in [-0.1, -0.05) is 71.1 Å². The zero-order valence-corrected chi connectivity index (χ0v) is 21.7. The summed E-state index contributed by atoms with van der Waals surface area (Å²) < 4.78 is 0. The maximum absolute atomic E-state index is 10.9. The normalized spacial score (nSPS) is 37.6. The van der Waals surface area contributed by atoms with E-state index in [-0.39, 0.29) is 5.92 Å². The Morgan fingerprint density at radius 1 is 1.12 bits per heavy atom. The van der Waals surface area contributed by atoms with Crippen LogP contribution in [0.3, 0.4) is 0 Å². The van der Waals surface area contributed by atoms with Crippen molar-refractivity contribution < 1.29 is 15.3 Å². The second kappa shape index (κ2) is 10.6. The Labute approximate surface area is 202 Å². The number of aliphatic hydroxyl groups is 3. The largest absolute Gasteiger partial charge is 0.393 e. The highest BCUT2D eigenvalue weighted by Crippen LogP contribution is 2.59. The summed E-state index contributed by atoms with van der Waals surface area (Å²) in [5.41, 5.74) is 3.02. The first-order valence-electron chi connectivity index (χ1n) is 13.4. The average molecular weight is 457 g/mol. The molecule has 0 spiro atoms. The van der Waals surface area contributed by atoms with Gasteiger partial charge in [-0.15, -0.1) is 0 Å². The molecule has 3 saturated carbocycles. The van der Waals surface area contributed by atoms with Crippen LogP contribution in [0.15, 0.2) is 47.6 Å². The molecular formula is C30H48O3. The van der Waals surface area contributed by atoms with Crippen molar-refractivity contribution in [3.05, 3.63) is 47.6 Å². The van der Waals surface area contributed by atoms with E-state index in [1.54, 1.807) is 0 Å². The SMILES string of the molecule is C=C1/C(=C/C=C2\CCC[C@]3(C)[C@@H]([C@H](C)/C=C\[C@H](C)C(O)(CC)CC)CC[C@@H]23)C[C@@H](O)C[C@@H]1O. The second-order valence-corrected chi connectivity index (χ2v) is 11.5. The molecule has 0 aromatic carbocycles. The maximum atomic E-state index is 10.9. The highest BCUT2D eigenvalue weighted by molar-refractivity contribution is 5.38. The molecule has 0 bridgehead atoms.